The molecule has 0 bridgehead atoms. The molecule has 2 aliphatic rings. The lowest BCUT2D eigenvalue weighted by molar-refractivity contribution is -0.135. The van der Waals surface area contributed by atoms with Gasteiger partial charge in [0.2, 0.25) is 5.91 Å². The molecule has 1 aliphatic heterocycles. The number of benzene rings is 1. The molecule has 0 radical (unpaired) electrons. The smallest absolute Gasteiger partial charge is 0.233 e. The molecule has 7 heteroatoms. The van der Waals surface area contributed by atoms with E-state index in [2.05, 4.69) is 16.0 Å². The van der Waals surface area contributed by atoms with Crippen molar-refractivity contribution in [2.75, 3.05) is 26.2 Å². The quantitative estimate of drug-likeness (QED) is 0.504. The normalized spacial score (nSPS) is 21.4. The molecule has 114 valence electrons. The Morgan fingerprint density at radius 2 is 1.86 bits per heavy atom. The van der Waals surface area contributed by atoms with Crippen molar-refractivity contribution >= 4 is 51.7 Å². The van der Waals surface area contributed by atoms with Gasteiger partial charge in [0.05, 0.1) is 5.41 Å². The third-order valence-electron chi connectivity index (χ3n) is 4.25. The number of halogens is 2. The van der Waals surface area contributed by atoms with Crippen molar-refractivity contribution < 1.29 is 4.79 Å². The van der Waals surface area contributed by atoms with Gasteiger partial charge >= 0.3 is 0 Å². The largest absolute Gasteiger partial charge is 0.339 e. The number of carbonyl (C=O) groups excluding carboxylic acids is 1. The van der Waals surface area contributed by atoms with E-state index in [1.807, 2.05) is 17.0 Å². The summed E-state index contributed by atoms with van der Waals surface area (Å²) in [5.74, 6) is 0.204. The molecule has 0 atom stereocenters. The summed E-state index contributed by atoms with van der Waals surface area (Å²) in [6, 6.07) is 5.43. The van der Waals surface area contributed by atoms with E-state index in [4.69, 9.17) is 23.2 Å². The van der Waals surface area contributed by atoms with E-state index in [0.29, 0.717) is 10.0 Å². The molecule has 1 aliphatic carbocycles. The minimum Gasteiger partial charge on any atom is -0.339 e. The third-order valence-corrected chi connectivity index (χ3v) is 6.08. The van der Waals surface area contributed by atoms with E-state index in [1.165, 1.54) is 11.0 Å². The Balaban J connectivity index is 1.78. The molecule has 1 saturated heterocycles. The summed E-state index contributed by atoms with van der Waals surface area (Å²) in [6.45, 7) is 3.20. The van der Waals surface area contributed by atoms with Gasteiger partial charge in [0.1, 0.15) is 0 Å². The van der Waals surface area contributed by atoms with Crippen LogP contribution in [0.1, 0.15) is 18.4 Å². The van der Waals surface area contributed by atoms with E-state index in [-0.39, 0.29) is 5.91 Å². The van der Waals surface area contributed by atoms with Gasteiger partial charge in [-0.25, -0.2) is 4.31 Å². The molecule has 0 N–H and O–H groups in total. The second-order valence-electron chi connectivity index (χ2n) is 5.51. The standard InChI is InChI=1S/C14H16Cl2N2OS2/c15-10-1-2-11(12(16)9-10)14(3-4-14)13(19)17-5-7-18(21-20)8-6-17/h1-2,9,20H,3-8H2. The average Bonchev–Trinajstić information content (AvgIpc) is 3.28. The molecule has 1 heterocycles. The predicted molar refractivity (Wildman–Crippen MR) is 92.1 cm³/mol. The Bertz CT molecular complexity index is 558. The van der Waals surface area contributed by atoms with Crippen LogP contribution in [-0.2, 0) is 10.2 Å². The number of piperazine rings is 1. The van der Waals surface area contributed by atoms with E-state index < -0.39 is 5.41 Å². The maximum Gasteiger partial charge on any atom is 0.233 e. The zero-order chi connectivity index (χ0) is 15.0. The van der Waals surface area contributed by atoms with E-state index >= 15 is 0 Å². The van der Waals surface area contributed by atoms with Crippen LogP contribution >= 0.6 is 45.8 Å². The summed E-state index contributed by atoms with van der Waals surface area (Å²) in [4.78, 5) is 14.9. The summed E-state index contributed by atoms with van der Waals surface area (Å²) in [7, 11) is 1.44. The van der Waals surface area contributed by atoms with Gasteiger partial charge in [-0.15, -0.1) is 0 Å². The van der Waals surface area contributed by atoms with Crippen LogP contribution in [0.15, 0.2) is 18.2 Å². The number of rotatable bonds is 3. The van der Waals surface area contributed by atoms with Crippen LogP contribution < -0.4 is 0 Å². The van der Waals surface area contributed by atoms with E-state index in [0.717, 1.165) is 44.6 Å². The minimum absolute atomic E-state index is 0.204. The third kappa shape index (κ3) is 3.04. The van der Waals surface area contributed by atoms with Crippen LogP contribution in [0.4, 0.5) is 0 Å². The Hall–Kier alpha value is -0.0700. The summed E-state index contributed by atoms with van der Waals surface area (Å²) in [5, 5.41) is 1.20. The van der Waals surface area contributed by atoms with Gasteiger partial charge in [0.15, 0.2) is 0 Å². The molecule has 1 aromatic carbocycles. The molecule has 0 spiro atoms. The Kier molecular flexibility index (Phi) is 4.67. The second-order valence-corrected chi connectivity index (χ2v) is 7.52. The Morgan fingerprint density at radius 3 is 2.38 bits per heavy atom. The molecule has 0 aromatic heterocycles. The van der Waals surface area contributed by atoms with Crippen molar-refractivity contribution in [1.82, 2.24) is 9.21 Å². The maximum absolute atomic E-state index is 12.9. The minimum atomic E-state index is -0.419. The highest BCUT2D eigenvalue weighted by molar-refractivity contribution is 8.67. The molecule has 3 nitrogen and oxygen atoms in total. The number of amides is 1. The van der Waals surface area contributed by atoms with Gasteiger partial charge < -0.3 is 4.90 Å². The first-order valence-electron chi connectivity index (χ1n) is 6.88. The molecular weight excluding hydrogens is 347 g/mol. The van der Waals surface area contributed by atoms with Crippen molar-refractivity contribution in [3.05, 3.63) is 33.8 Å². The van der Waals surface area contributed by atoms with Crippen LogP contribution in [-0.4, -0.2) is 41.3 Å². The van der Waals surface area contributed by atoms with Crippen LogP contribution in [0.3, 0.4) is 0 Å². The van der Waals surface area contributed by atoms with Crippen molar-refractivity contribution in [2.45, 2.75) is 18.3 Å². The summed E-state index contributed by atoms with van der Waals surface area (Å²) in [5.41, 5.74) is 0.502. The highest BCUT2D eigenvalue weighted by Crippen LogP contribution is 2.52. The van der Waals surface area contributed by atoms with Crippen LogP contribution in [0.2, 0.25) is 10.0 Å². The van der Waals surface area contributed by atoms with Crippen molar-refractivity contribution in [1.29, 1.82) is 0 Å². The van der Waals surface area contributed by atoms with Crippen LogP contribution in [0.25, 0.3) is 0 Å². The Labute approximate surface area is 143 Å². The molecular formula is C14H16Cl2N2OS2. The van der Waals surface area contributed by atoms with Crippen molar-refractivity contribution in [3.63, 3.8) is 0 Å². The first-order chi connectivity index (χ1) is 10.1. The predicted octanol–water partition coefficient (Wildman–Crippen LogP) is 3.66. The number of hydrogen-bond donors (Lipinski definition) is 1. The lowest BCUT2D eigenvalue weighted by atomic mass is 9.94. The van der Waals surface area contributed by atoms with Gasteiger partial charge in [-0.3, -0.25) is 4.79 Å². The van der Waals surface area contributed by atoms with Crippen molar-refractivity contribution in [2.24, 2.45) is 0 Å². The van der Waals surface area contributed by atoms with Gasteiger partial charge in [0.25, 0.3) is 0 Å². The fourth-order valence-corrected chi connectivity index (χ4v) is 4.28. The average molecular weight is 363 g/mol. The zero-order valence-corrected chi connectivity index (χ0v) is 14.6. The fraction of sp³-hybridized carbons (Fsp3) is 0.500. The van der Waals surface area contributed by atoms with Crippen LogP contribution in [0, 0.1) is 0 Å². The number of carbonyl (C=O) groups is 1. The molecule has 21 heavy (non-hydrogen) atoms. The summed E-state index contributed by atoms with van der Waals surface area (Å²) >= 11 is 16.5. The van der Waals surface area contributed by atoms with Gasteiger partial charge in [-0.05, 0) is 41.5 Å². The highest BCUT2D eigenvalue weighted by Gasteiger charge is 2.54. The SMILES string of the molecule is O=C(N1CCN(SS)CC1)C1(c2ccc(Cl)cc2Cl)CC1. The molecule has 3 rings (SSSR count). The fourth-order valence-electron chi connectivity index (χ4n) is 2.88. The summed E-state index contributed by atoms with van der Waals surface area (Å²) in [6.07, 6.45) is 1.74. The lowest BCUT2D eigenvalue weighted by Gasteiger charge is -2.35. The lowest BCUT2D eigenvalue weighted by Crippen LogP contribution is -2.49. The molecule has 1 amide bonds. The number of thiol groups is 1. The highest BCUT2D eigenvalue weighted by atomic mass is 35.5. The van der Waals surface area contributed by atoms with Gasteiger partial charge in [0, 0.05) is 36.2 Å². The number of nitrogens with zero attached hydrogens (tertiary/aromatic N) is 2. The Morgan fingerprint density at radius 1 is 1.19 bits per heavy atom. The van der Waals surface area contributed by atoms with E-state index in [9.17, 15) is 4.79 Å². The van der Waals surface area contributed by atoms with E-state index in [1.54, 1.807) is 6.07 Å². The molecule has 1 saturated carbocycles. The topological polar surface area (TPSA) is 23.6 Å². The van der Waals surface area contributed by atoms with Crippen LogP contribution in [0.5, 0.6) is 0 Å². The molecule has 1 aromatic rings. The van der Waals surface area contributed by atoms with Crippen molar-refractivity contribution in [3.8, 4) is 0 Å². The first kappa shape index (κ1) is 15.8. The maximum atomic E-state index is 12.9. The monoisotopic (exact) mass is 362 g/mol. The first-order valence-corrected chi connectivity index (χ1v) is 9.46. The molecule has 0 unspecified atom stereocenters. The second kappa shape index (κ2) is 6.20. The zero-order valence-electron chi connectivity index (χ0n) is 11.4. The van der Waals surface area contributed by atoms with Gasteiger partial charge in [-0.1, -0.05) is 40.9 Å². The van der Waals surface area contributed by atoms with Gasteiger partial charge in [-0.2, -0.15) is 0 Å². The summed E-state index contributed by atoms with van der Waals surface area (Å²) < 4.78 is 2.15. The molecule has 2 fully saturated rings. The number of hydrogen-bond acceptors (Lipinski definition) is 4.